The Morgan fingerprint density at radius 1 is 1.05 bits per heavy atom. The number of aromatic nitrogens is 1. The molecule has 0 aliphatic rings. The van der Waals surface area contributed by atoms with E-state index in [2.05, 4.69) is 73.5 Å². The predicted octanol–water partition coefficient (Wildman–Crippen LogP) is 3.89. The zero-order valence-electron chi connectivity index (χ0n) is 12.7. The molecule has 0 aliphatic carbocycles. The molecule has 1 aromatic carbocycles. The lowest BCUT2D eigenvalue weighted by Gasteiger charge is -2.26. The molecule has 2 nitrogen and oxygen atoms in total. The van der Waals surface area contributed by atoms with Crippen LogP contribution in [0.1, 0.15) is 37.1 Å². The molecule has 2 aromatic rings. The van der Waals surface area contributed by atoms with E-state index >= 15 is 0 Å². The Kier molecular flexibility index (Phi) is 4.91. The molecule has 1 heterocycles. The molecule has 0 saturated heterocycles. The highest BCUT2D eigenvalue weighted by molar-refractivity contribution is 5.15. The highest BCUT2D eigenvalue weighted by Gasteiger charge is 2.16. The molecule has 0 fully saturated rings. The molecule has 0 bridgehead atoms. The summed E-state index contributed by atoms with van der Waals surface area (Å²) in [6.07, 6.45) is 4.14. The van der Waals surface area contributed by atoms with Gasteiger partial charge >= 0.3 is 0 Å². The maximum absolute atomic E-state index is 4.44. The standard InChI is InChI=1S/C18H24N2/c1-15-9-10-17(19-13-15)14-20-18(2,3)12-11-16-7-5-4-6-8-16/h4-10,13,20H,11-12,14H2,1-3H3. The van der Waals surface area contributed by atoms with Crippen molar-refractivity contribution >= 4 is 0 Å². The number of hydrogen-bond donors (Lipinski definition) is 1. The predicted molar refractivity (Wildman–Crippen MR) is 84.7 cm³/mol. The van der Waals surface area contributed by atoms with Crippen LogP contribution in [-0.4, -0.2) is 10.5 Å². The quantitative estimate of drug-likeness (QED) is 0.859. The van der Waals surface area contributed by atoms with Gasteiger partial charge in [0.15, 0.2) is 0 Å². The van der Waals surface area contributed by atoms with Crippen LogP contribution in [0.2, 0.25) is 0 Å². The van der Waals surface area contributed by atoms with Gasteiger partial charge in [-0.1, -0.05) is 36.4 Å². The molecular weight excluding hydrogens is 244 g/mol. The zero-order chi connectivity index (χ0) is 14.4. The van der Waals surface area contributed by atoms with E-state index in [0.717, 1.165) is 25.1 Å². The van der Waals surface area contributed by atoms with Gasteiger partial charge < -0.3 is 5.32 Å². The fraction of sp³-hybridized carbons (Fsp3) is 0.389. The maximum Gasteiger partial charge on any atom is 0.0542 e. The first kappa shape index (κ1) is 14.7. The summed E-state index contributed by atoms with van der Waals surface area (Å²) in [7, 11) is 0. The number of nitrogens with one attached hydrogen (secondary N) is 1. The third kappa shape index (κ3) is 4.78. The lowest BCUT2D eigenvalue weighted by atomic mass is 9.95. The number of benzene rings is 1. The van der Waals surface area contributed by atoms with Crippen molar-refractivity contribution in [2.24, 2.45) is 0 Å². The fourth-order valence-corrected chi connectivity index (χ4v) is 2.12. The molecular formula is C18H24N2. The third-order valence-electron chi connectivity index (χ3n) is 3.60. The summed E-state index contributed by atoms with van der Waals surface area (Å²) in [5, 5.41) is 3.60. The molecule has 0 saturated carbocycles. The highest BCUT2D eigenvalue weighted by atomic mass is 15.0. The maximum atomic E-state index is 4.44. The van der Waals surface area contributed by atoms with Crippen molar-refractivity contribution in [1.82, 2.24) is 10.3 Å². The lowest BCUT2D eigenvalue weighted by Crippen LogP contribution is -2.39. The summed E-state index contributed by atoms with van der Waals surface area (Å²) in [6, 6.07) is 14.9. The van der Waals surface area contributed by atoms with E-state index in [0.29, 0.717) is 0 Å². The van der Waals surface area contributed by atoms with Gasteiger partial charge in [0.2, 0.25) is 0 Å². The number of nitrogens with zero attached hydrogens (tertiary/aromatic N) is 1. The molecule has 106 valence electrons. The van der Waals surface area contributed by atoms with Gasteiger partial charge in [0.1, 0.15) is 0 Å². The molecule has 20 heavy (non-hydrogen) atoms. The van der Waals surface area contributed by atoms with E-state index in [-0.39, 0.29) is 5.54 Å². The van der Waals surface area contributed by atoms with Crippen LogP contribution in [0.3, 0.4) is 0 Å². The monoisotopic (exact) mass is 268 g/mol. The second-order valence-corrected chi connectivity index (χ2v) is 6.05. The average molecular weight is 268 g/mol. The van der Waals surface area contributed by atoms with E-state index in [1.807, 2.05) is 6.20 Å². The van der Waals surface area contributed by atoms with Crippen molar-refractivity contribution in [2.75, 3.05) is 0 Å². The largest absolute Gasteiger partial charge is 0.306 e. The Balaban J connectivity index is 1.83. The molecule has 0 atom stereocenters. The molecule has 1 N–H and O–H groups in total. The van der Waals surface area contributed by atoms with Gasteiger partial charge in [0.05, 0.1) is 5.69 Å². The molecule has 1 aromatic heterocycles. The third-order valence-corrected chi connectivity index (χ3v) is 3.60. The second kappa shape index (κ2) is 6.67. The summed E-state index contributed by atoms with van der Waals surface area (Å²) in [5.41, 5.74) is 3.82. The van der Waals surface area contributed by atoms with Gasteiger partial charge in [-0.3, -0.25) is 4.98 Å². The van der Waals surface area contributed by atoms with E-state index in [1.54, 1.807) is 0 Å². The van der Waals surface area contributed by atoms with Crippen LogP contribution in [0, 0.1) is 6.92 Å². The first-order chi connectivity index (χ1) is 9.55. The van der Waals surface area contributed by atoms with Gasteiger partial charge in [0, 0.05) is 18.3 Å². The van der Waals surface area contributed by atoms with Crippen molar-refractivity contribution in [1.29, 1.82) is 0 Å². The molecule has 0 amide bonds. The molecule has 0 unspecified atom stereocenters. The van der Waals surface area contributed by atoms with Crippen LogP contribution in [0.15, 0.2) is 48.7 Å². The summed E-state index contributed by atoms with van der Waals surface area (Å²) in [4.78, 5) is 4.44. The summed E-state index contributed by atoms with van der Waals surface area (Å²) in [5.74, 6) is 0. The zero-order valence-corrected chi connectivity index (χ0v) is 12.7. The Hall–Kier alpha value is -1.67. The average Bonchev–Trinajstić information content (AvgIpc) is 2.46. The normalized spacial score (nSPS) is 11.6. The van der Waals surface area contributed by atoms with Crippen molar-refractivity contribution in [2.45, 2.75) is 45.7 Å². The van der Waals surface area contributed by atoms with Gasteiger partial charge in [-0.2, -0.15) is 0 Å². The van der Waals surface area contributed by atoms with Gasteiger partial charge in [0.25, 0.3) is 0 Å². The molecule has 2 rings (SSSR count). The summed E-state index contributed by atoms with van der Waals surface area (Å²) < 4.78 is 0. The van der Waals surface area contributed by atoms with E-state index in [4.69, 9.17) is 0 Å². The van der Waals surface area contributed by atoms with Crippen molar-refractivity contribution < 1.29 is 0 Å². The smallest absolute Gasteiger partial charge is 0.0542 e. The Morgan fingerprint density at radius 2 is 1.80 bits per heavy atom. The summed E-state index contributed by atoms with van der Waals surface area (Å²) >= 11 is 0. The number of pyridine rings is 1. The Bertz CT molecular complexity index is 515. The van der Waals surface area contributed by atoms with Crippen LogP contribution in [0.25, 0.3) is 0 Å². The van der Waals surface area contributed by atoms with Gasteiger partial charge in [-0.05, 0) is 50.8 Å². The van der Waals surface area contributed by atoms with Crippen LogP contribution in [0.5, 0.6) is 0 Å². The van der Waals surface area contributed by atoms with Crippen molar-refractivity contribution in [3.63, 3.8) is 0 Å². The van der Waals surface area contributed by atoms with Crippen molar-refractivity contribution in [3.05, 3.63) is 65.5 Å². The molecule has 0 spiro atoms. The topological polar surface area (TPSA) is 24.9 Å². The van der Waals surface area contributed by atoms with Crippen LogP contribution in [0.4, 0.5) is 0 Å². The SMILES string of the molecule is Cc1ccc(CNC(C)(C)CCc2ccccc2)nc1. The van der Waals surface area contributed by atoms with E-state index in [9.17, 15) is 0 Å². The number of rotatable bonds is 6. The second-order valence-electron chi connectivity index (χ2n) is 6.05. The minimum Gasteiger partial charge on any atom is -0.306 e. The molecule has 0 radical (unpaired) electrons. The lowest BCUT2D eigenvalue weighted by molar-refractivity contribution is 0.358. The highest BCUT2D eigenvalue weighted by Crippen LogP contribution is 2.14. The van der Waals surface area contributed by atoms with Crippen LogP contribution in [-0.2, 0) is 13.0 Å². The molecule has 2 heteroatoms. The molecule has 0 aliphatic heterocycles. The Labute approximate surface area is 122 Å². The van der Waals surface area contributed by atoms with Crippen LogP contribution >= 0.6 is 0 Å². The first-order valence-corrected chi connectivity index (χ1v) is 7.26. The first-order valence-electron chi connectivity index (χ1n) is 7.26. The minimum atomic E-state index is 0.113. The van der Waals surface area contributed by atoms with E-state index < -0.39 is 0 Å². The van der Waals surface area contributed by atoms with Crippen LogP contribution < -0.4 is 5.32 Å². The van der Waals surface area contributed by atoms with E-state index in [1.165, 1.54) is 11.1 Å². The fourth-order valence-electron chi connectivity index (χ4n) is 2.12. The van der Waals surface area contributed by atoms with Crippen molar-refractivity contribution in [3.8, 4) is 0 Å². The summed E-state index contributed by atoms with van der Waals surface area (Å²) in [6.45, 7) is 7.39. The number of aryl methyl sites for hydroxylation is 2. The van der Waals surface area contributed by atoms with Gasteiger partial charge in [-0.15, -0.1) is 0 Å². The Morgan fingerprint density at radius 3 is 2.45 bits per heavy atom. The number of hydrogen-bond acceptors (Lipinski definition) is 2. The van der Waals surface area contributed by atoms with Gasteiger partial charge in [-0.25, -0.2) is 0 Å². The minimum absolute atomic E-state index is 0.113.